The highest BCUT2D eigenvalue weighted by Gasteiger charge is 2.29. The van der Waals surface area contributed by atoms with Crippen LogP contribution >= 0.6 is 23.2 Å². The van der Waals surface area contributed by atoms with Gasteiger partial charge >= 0.3 is 5.97 Å². The van der Waals surface area contributed by atoms with Gasteiger partial charge in [-0.05, 0) is 25.0 Å². The maximum Gasteiger partial charge on any atom is 0.323 e. The van der Waals surface area contributed by atoms with E-state index in [0.717, 1.165) is 0 Å². The molecule has 1 aliphatic rings. The van der Waals surface area contributed by atoms with E-state index in [9.17, 15) is 9.59 Å². The van der Waals surface area contributed by atoms with E-state index in [4.69, 9.17) is 37.8 Å². The Kier molecular flexibility index (Phi) is 6.10. The number of carboxylic acids is 1. The predicted octanol–water partition coefficient (Wildman–Crippen LogP) is 2.71. The molecule has 0 bridgehead atoms. The average molecular weight is 362 g/mol. The molecule has 8 heteroatoms. The number of aliphatic carboxylic acids is 1. The molecular formula is C15H17Cl2NO5. The molecule has 0 unspecified atom stereocenters. The van der Waals surface area contributed by atoms with Crippen molar-refractivity contribution in [2.45, 2.75) is 18.9 Å². The number of nitrogens with zero attached hydrogens (tertiary/aromatic N) is 1. The summed E-state index contributed by atoms with van der Waals surface area (Å²) in [6.07, 6.45) is 1.19. The number of amides is 1. The van der Waals surface area contributed by atoms with E-state index in [1.54, 1.807) is 0 Å². The second-order valence-corrected chi connectivity index (χ2v) is 5.96. The zero-order chi connectivity index (χ0) is 17.0. The first-order chi connectivity index (χ1) is 10.9. The van der Waals surface area contributed by atoms with E-state index < -0.39 is 11.9 Å². The van der Waals surface area contributed by atoms with Crippen LogP contribution in [0.3, 0.4) is 0 Å². The molecule has 2 rings (SSSR count). The molecule has 1 aliphatic heterocycles. The van der Waals surface area contributed by atoms with Crippen LogP contribution in [0.4, 0.5) is 0 Å². The minimum atomic E-state index is -1.07. The van der Waals surface area contributed by atoms with Crippen LogP contribution in [0.5, 0.6) is 5.75 Å². The molecule has 1 aromatic rings. The molecule has 23 heavy (non-hydrogen) atoms. The molecule has 0 aromatic heterocycles. The molecule has 0 aliphatic carbocycles. The maximum atomic E-state index is 12.7. The topological polar surface area (TPSA) is 76.1 Å². The van der Waals surface area contributed by atoms with Crippen LogP contribution in [0.15, 0.2) is 12.1 Å². The van der Waals surface area contributed by atoms with Gasteiger partial charge in [0.1, 0.15) is 6.54 Å². The van der Waals surface area contributed by atoms with Crippen molar-refractivity contribution in [2.24, 2.45) is 0 Å². The minimum Gasteiger partial charge on any atom is -0.494 e. The molecule has 1 aromatic carbocycles. The van der Waals surface area contributed by atoms with Crippen molar-refractivity contribution in [3.8, 4) is 5.75 Å². The highest BCUT2D eigenvalue weighted by atomic mass is 35.5. The van der Waals surface area contributed by atoms with Crippen molar-refractivity contribution in [1.82, 2.24) is 4.90 Å². The molecule has 1 N–H and O–H groups in total. The highest BCUT2D eigenvalue weighted by molar-refractivity contribution is 6.37. The fourth-order valence-electron chi connectivity index (χ4n) is 2.55. The Labute approximate surface area is 143 Å². The normalized spacial score (nSPS) is 15.3. The Bertz CT molecular complexity index is 579. The number of ether oxygens (including phenoxy) is 2. The number of carbonyl (C=O) groups excluding carboxylic acids is 1. The van der Waals surface area contributed by atoms with Crippen LogP contribution < -0.4 is 4.74 Å². The Balaban J connectivity index is 2.31. The first-order valence-electron chi connectivity index (χ1n) is 7.07. The average Bonchev–Trinajstić information content (AvgIpc) is 2.52. The molecule has 1 saturated heterocycles. The third-order valence-electron chi connectivity index (χ3n) is 3.65. The summed E-state index contributed by atoms with van der Waals surface area (Å²) in [6, 6.07) is 2.68. The van der Waals surface area contributed by atoms with Crippen molar-refractivity contribution in [3.05, 3.63) is 27.7 Å². The number of methoxy groups -OCH3 is 1. The molecule has 1 fully saturated rings. The van der Waals surface area contributed by atoms with Crippen molar-refractivity contribution >= 4 is 35.1 Å². The van der Waals surface area contributed by atoms with Gasteiger partial charge in [0.25, 0.3) is 5.91 Å². The lowest BCUT2D eigenvalue weighted by molar-refractivity contribution is -0.138. The molecule has 6 nitrogen and oxygen atoms in total. The first kappa shape index (κ1) is 17.8. The Morgan fingerprint density at radius 1 is 1.30 bits per heavy atom. The summed E-state index contributed by atoms with van der Waals surface area (Å²) in [7, 11) is 1.42. The maximum absolute atomic E-state index is 12.7. The lowest BCUT2D eigenvalue weighted by Crippen LogP contribution is -2.46. The molecule has 0 saturated carbocycles. The summed E-state index contributed by atoms with van der Waals surface area (Å²) in [5.74, 6) is -1.22. The van der Waals surface area contributed by atoms with Crippen LogP contribution in [0.2, 0.25) is 10.0 Å². The van der Waals surface area contributed by atoms with E-state index >= 15 is 0 Å². The number of benzene rings is 1. The first-order valence-corrected chi connectivity index (χ1v) is 7.83. The van der Waals surface area contributed by atoms with Gasteiger partial charge in [-0.15, -0.1) is 0 Å². The van der Waals surface area contributed by atoms with Crippen molar-refractivity contribution in [2.75, 3.05) is 26.9 Å². The van der Waals surface area contributed by atoms with Crippen molar-refractivity contribution in [3.63, 3.8) is 0 Å². The van der Waals surface area contributed by atoms with Gasteiger partial charge in [0.2, 0.25) is 0 Å². The third kappa shape index (κ3) is 4.28. The molecular weight excluding hydrogens is 345 g/mol. The Hall–Kier alpha value is -1.50. The van der Waals surface area contributed by atoms with Crippen molar-refractivity contribution < 1.29 is 24.2 Å². The van der Waals surface area contributed by atoms with Crippen LogP contribution in [-0.4, -0.2) is 54.8 Å². The van der Waals surface area contributed by atoms with Gasteiger partial charge in [-0.25, -0.2) is 0 Å². The zero-order valence-corrected chi connectivity index (χ0v) is 14.1. The van der Waals surface area contributed by atoms with Gasteiger partial charge in [-0.3, -0.25) is 9.59 Å². The lowest BCUT2D eigenvalue weighted by Gasteiger charge is -2.33. The Morgan fingerprint density at radius 2 is 1.87 bits per heavy atom. The van der Waals surface area contributed by atoms with Gasteiger partial charge in [0, 0.05) is 24.8 Å². The number of hydrogen-bond donors (Lipinski definition) is 1. The predicted molar refractivity (Wildman–Crippen MR) is 85.5 cm³/mol. The molecule has 0 atom stereocenters. The third-order valence-corrected chi connectivity index (χ3v) is 4.21. The van der Waals surface area contributed by atoms with Crippen LogP contribution in [-0.2, 0) is 9.53 Å². The molecule has 1 heterocycles. The Morgan fingerprint density at radius 3 is 2.35 bits per heavy atom. The van der Waals surface area contributed by atoms with Gasteiger partial charge in [0.05, 0.1) is 17.2 Å². The smallest absolute Gasteiger partial charge is 0.323 e. The van der Waals surface area contributed by atoms with Gasteiger partial charge in [-0.1, -0.05) is 23.2 Å². The van der Waals surface area contributed by atoms with Gasteiger partial charge in [-0.2, -0.15) is 0 Å². The molecule has 0 radical (unpaired) electrons. The number of carbonyl (C=O) groups is 2. The van der Waals surface area contributed by atoms with E-state index in [1.165, 1.54) is 24.1 Å². The lowest BCUT2D eigenvalue weighted by atomic mass is 10.1. The standard InChI is InChI=1S/C15H17Cl2NO5/c1-22-14-11(16)6-9(7-12(14)17)15(21)18(8-13(19)20)10-2-4-23-5-3-10/h6-7,10H,2-5,8H2,1H3,(H,19,20). The second-order valence-electron chi connectivity index (χ2n) is 5.14. The zero-order valence-electron chi connectivity index (χ0n) is 12.6. The van der Waals surface area contributed by atoms with E-state index in [0.29, 0.717) is 26.1 Å². The van der Waals surface area contributed by atoms with Crippen LogP contribution in [0, 0.1) is 0 Å². The van der Waals surface area contributed by atoms with E-state index in [2.05, 4.69) is 0 Å². The fraction of sp³-hybridized carbons (Fsp3) is 0.467. The SMILES string of the molecule is COc1c(Cl)cc(C(=O)N(CC(=O)O)C2CCOCC2)cc1Cl. The van der Waals surface area contributed by atoms with E-state index in [-0.39, 0.29) is 33.9 Å². The largest absolute Gasteiger partial charge is 0.494 e. The van der Waals surface area contributed by atoms with Crippen molar-refractivity contribution in [1.29, 1.82) is 0 Å². The molecule has 0 spiro atoms. The molecule has 1 amide bonds. The minimum absolute atomic E-state index is 0.188. The number of rotatable bonds is 5. The summed E-state index contributed by atoms with van der Waals surface area (Å²) < 4.78 is 10.3. The monoisotopic (exact) mass is 361 g/mol. The quantitative estimate of drug-likeness (QED) is 0.872. The number of halogens is 2. The van der Waals surface area contributed by atoms with Crippen LogP contribution in [0.1, 0.15) is 23.2 Å². The number of carboxylic acid groups (broad SMARTS) is 1. The highest BCUT2D eigenvalue weighted by Crippen LogP contribution is 2.34. The summed E-state index contributed by atoms with van der Waals surface area (Å²) in [5.41, 5.74) is 0.230. The number of hydrogen-bond acceptors (Lipinski definition) is 4. The van der Waals surface area contributed by atoms with E-state index in [1.807, 2.05) is 0 Å². The molecule has 126 valence electrons. The fourth-order valence-corrected chi connectivity index (χ4v) is 3.19. The summed E-state index contributed by atoms with van der Waals surface area (Å²) >= 11 is 12.1. The summed E-state index contributed by atoms with van der Waals surface area (Å²) in [4.78, 5) is 25.2. The second kappa shape index (κ2) is 7.86. The summed E-state index contributed by atoms with van der Waals surface area (Å²) in [6.45, 7) is 0.612. The van der Waals surface area contributed by atoms with Crippen LogP contribution in [0.25, 0.3) is 0 Å². The van der Waals surface area contributed by atoms with Gasteiger partial charge in [0.15, 0.2) is 5.75 Å². The van der Waals surface area contributed by atoms with Gasteiger partial charge < -0.3 is 19.5 Å². The summed E-state index contributed by atoms with van der Waals surface area (Å²) in [5, 5.41) is 9.50.